The highest BCUT2D eigenvalue weighted by atomic mass is 35.5. The van der Waals surface area contributed by atoms with Crippen LogP contribution in [-0.2, 0) is 55.2 Å². The van der Waals surface area contributed by atoms with Crippen molar-refractivity contribution in [2.24, 2.45) is 12.5 Å². The number of imidazole rings is 1. The maximum atomic E-state index is 14.7. The second-order valence-electron chi connectivity index (χ2n) is 20.4. The smallest absolute Gasteiger partial charge is 0.358 e. The Bertz CT molecular complexity index is 3460. The molecule has 18 nitrogen and oxygen atoms in total. The van der Waals surface area contributed by atoms with Gasteiger partial charge in [-0.1, -0.05) is 35.9 Å². The third kappa shape index (κ3) is 10.9. The predicted octanol–water partition coefficient (Wildman–Crippen LogP) is 7.36. The normalized spacial score (nSPS) is 15.4. The number of carbonyl (C=O) groups excluding carboxylic acids is 6. The van der Waals surface area contributed by atoms with Crippen molar-refractivity contribution >= 4 is 79.9 Å². The number of halogens is 2. The van der Waals surface area contributed by atoms with Gasteiger partial charge in [0.25, 0.3) is 5.91 Å². The summed E-state index contributed by atoms with van der Waals surface area (Å²) in [7, 11) is 1.87. The van der Waals surface area contributed by atoms with Gasteiger partial charge in [-0.3, -0.25) is 38.9 Å². The molecule has 2 N–H and O–H groups in total. The summed E-state index contributed by atoms with van der Waals surface area (Å²) in [5.41, 5.74) is 5.25. The Morgan fingerprint density at radius 3 is 2.37 bits per heavy atom. The maximum Gasteiger partial charge on any atom is 0.358 e. The fraction of sp³-hybridized carbons (Fsp3) is 0.393. The molecule has 0 aliphatic carbocycles. The number of hydrogen-bond acceptors (Lipinski definition) is 12. The molecule has 0 bridgehead atoms. The lowest BCUT2D eigenvalue weighted by molar-refractivity contribution is -0.161. The minimum absolute atomic E-state index is 0.0150. The number of ether oxygens (including phenoxy) is 3. The Balaban J connectivity index is 0.967. The molecular weight excluding hydrogens is 997 g/mol. The minimum Gasteiger partial charge on any atom is -0.493 e. The van der Waals surface area contributed by atoms with E-state index in [0.717, 1.165) is 27.7 Å². The number of para-hydroxylation sites is 1. The minimum atomic E-state index is -0.857. The number of aromatic nitrogens is 5. The second kappa shape index (κ2) is 21.9. The molecule has 1 atom stereocenters. The van der Waals surface area contributed by atoms with Crippen molar-refractivity contribution in [2.75, 3.05) is 46.1 Å². The highest BCUT2D eigenvalue weighted by molar-refractivity contribution is 6.35. The number of nitrogens with zero attached hydrogens (tertiary/aromatic N) is 7. The van der Waals surface area contributed by atoms with Crippen molar-refractivity contribution in [3.8, 4) is 16.9 Å². The predicted molar refractivity (Wildman–Crippen MR) is 283 cm³/mol. The summed E-state index contributed by atoms with van der Waals surface area (Å²) in [6, 6.07) is 18.0. The summed E-state index contributed by atoms with van der Waals surface area (Å²) in [5.74, 6) is -1.99. The first-order valence-electron chi connectivity index (χ1n) is 25.4. The SMILES string of the molecule is Cc1nn(C)c(C)c1-c1c(Cl)ccc2c(CCCOc3cccc4cc(F)ccc34)c(C(=O)OCOC(=O)C(C)(C)C)n(CCN3CCN(C(=O)Cn4c(C)nc5c(C(=O)NC6CCC(=O)NC6=O)cccc54)CC3)c12. The molecule has 2 aliphatic heterocycles. The maximum absolute atomic E-state index is 14.7. The quantitative estimate of drug-likeness (QED) is 0.0422. The molecular formula is C56H61ClFN9O9. The standard InChI is InChI=1S/C56H61ClFN9O9/c1-32-47(33(2)63(7)62-32)48-41(57)19-18-39-38(13-10-28-74-44-15-8-11-35-29-36(58)16-17-37(35)44)51(54(72)75-31-76-55(73)56(4,5)6)66(50(39)48)27-24-64-22-25-65(26-23-64)46(69)30-67-34(3)59-49-40(12-9-14-43(49)67)52(70)60-42-20-21-45(68)61-53(42)71/h8-9,11-12,14-19,29,42H,10,13,20-28,30-31H2,1-7H3,(H,60,70)(H,61,68,71). The second-order valence-corrected chi connectivity index (χ2v) is 20.8. The molecule has 398 valence electrons. The Hall–Kier alpha value is -7.64. The number of aryl methyl sites for hydroxylation is 4. The van der Waals surface area contributed by atoms with E-state index >= 15 is 0 Å². The summed E-state index contributed by atoms with van der Waals surface area (Å²) in [6.45, 7) is 13.1. The molecule has 1 unspecified atom stereocenters. The van der Waals surface area contributed by atoms with Crippen molar-refractivity contribution in [1.82, 2.24) is 44.3 Å². The van der Waals surface area contributed by atoms with Gasteiger partial charge in [0.15, 0.2) is 0 Å². The van der Waals surface area contributed by atoms with E-state index < -0.39 is 42.0 Å². The van der Waals surface area contributed by atoms with E-state index in [1.165, 1.54) is 12.1 Å². The lowest BCUT2D eigenvalue weighted by atomic mass is 9.98. The van der Waals surface area contributed by atoms with E-state index in [-0.39, 0.29) is 54.9 Å². The zero-order valence-electron chi connectivity index (χ0n) is 43.7. The summed E-state index contributed by atoms with van der Waals surface area (Å²) in [4.78, 5) is 87.7. The van der Waals surface area contributed by atoms with Gasteiger partial charge >= 0.3 is 11.9 Å². The molecule has 5 heterocycles. The van der Waals surface area contributed by atoms with Crippen LogP contribution in [0.5, 0.6) is 5.75 Å². The summed E-state index contributed by atoms with van der Waals surface area (Å²) in [6.07, 6.45) is 1.17. The number of carbonyl (C=O) groups is 6. The Morgan fingerprint density at radius 1 is 0.895 bits per heavy atom. The molecule has 4 amide bonds. The molecule has 2 aliphatic rings. The number of amides is 4. The van der Waals surface area contributed by atoms with Gasteiger partial charge in [-0.2, -0.15) is 5.10 Å². The van der Waals surface area contributed by atoms with Crippen molar-refractivity contribution in [2.45, 2.75) is 86.4 Å². The van der Waals surface area contributed by atoms with Gasteiger partial charge < -0.3 is 33.6 Å². The van der Waals surface area contributed by atoms with Gasteiger partial charge in [-0.05, 0) is 114 Å². The van der Waals surface area contributed by atoms with Crippen LogP contribution in [0.25, 0.3) is 43.8 Å². The molecule has 0 saturated carbocycles. The van der Waals surface area contributed by atoms with Crippen LogP contribution >= 0.6 is 11.6 Å². The van der Waals surface area contributed by atoms with Gasteiger partial charge in [-0.15, -0.1) is 0 Å². The third-order valence-electron chi connectivity index (χ3n) is 14.3. The molecule has 76 heavy (non-hydrogen) atoms. The van der Waals surface area contributed by atoms with Crippen molar-refractivity contribution in [3.63, 3.8) is 0 Å². The Kier molecular flexibility index (Phi) is 15.3. The summed E-state index contributed by atoms with van der Waals surface area (Å²) >= 11 is 7.21. The molecule has 2 fully saturated rings. The molecule has 4 aromatic carbocycles. The number of rotatable bonds is 16. The van der Waals surface area contributed by atoms with Gasteiger partial charge in [0.2, 0.25) is 24.5 Å². The van der Waals surface area contributed by atoms with Crippen molar-refractivity contribution < 1.29 is 47.4 Å². The van der Waals surface area contributed by atoms with Crippen molar-refractivity contribution in [1.29, 1.82) is 0 Å². The van der Waals surface area contributed by atoms with Crippen LogP contribution < -0.4 is 15.4 Å². The Labute approximate surface area is 443 Å². The largest absolute Gasteiger partial charge is 0.493 e. The topological polar surface area (TPSA) is 201 Å². The van der Waals surface area contributed by atoms with E-state index in [2.05, 4.69) is 20.5 Å². The monoisotopic (exact) mass is 1060 g/mol. The van der Waals surface area contributed by atoms with Crippen LogP contribution in [0.2, 0.25) is 5.02 Å². The summed E-state index contributed by atoms with van der Waals surface area (Å²) in [5, 5.41) is 12.4. The fourth-order valence-electron chi connectivity index (χ4n) is 10.2. The van der Waals surface area contributed by atoms with E-state index in [9.17, 15) is 33.2 Å². The molecule has 3 aromatic heterocycles. The molecule has 0 radical (unpaired) electrons. The first-order chi connectivity index (χ1) is 36.3. The number of hydrogen-bond donors (Lipinski definition) is 2. The number of piperidine rings is 1. The average Bonchev–Trinajstić information content (AvgIpc) is 4.02. The number of piperazine rings is 1. The average molecular weight is 1060 g/mol. The van der Waals surface area contributed by atoms with Crippen LogP contribution in [-0.4, -0.2) is 121 Å². The number of fused-ring (bicyclic) bond motifs is 3. The third-order valence-corrected chi connectivity index (χ3v) is 14.6. The molecule has 20 heteroatoms. The molecule has 7 aromatic rings. The first-order valence-corrected chi connectivity index (χ1v) is 25.8. The number of benzene rings is 4. The molecule has 9 rings (SSSR count). The lowest BCUT2D eigenvalue weighted by Crippen LogP contribution is -2.52. The zero-order valence-corrected chi connectivity index (χ0v) is 44.4. The van der Waals surface area contributed by atoms with Crippen LogP contribution in [0.1, 0.15) is 83.7 Å². The van der Waals surface area contributed by atoms with Crippen LogP contribution in [0.15, 0.2) is 66.7 Å². The number of esters is 2. The van der Waals surface area contributed by atoms with E-state index in [0.29, 0.717) is 102 Å². The van der Waals surface area contributed by atoms with Gasteiger partial charge in [0, 0.05) is 80.3 Å². The van der Waals surface area contributed by atoms with Gasteiger partial charge in [0.1, 0.15) is 41.2 Å². The molecule has 0 spiro atoms. The fourth-order valence-corrected chi connectivity index (χ4v) is 10.4. The van der Waals surface area contributed by atoms with Crippen LogP contribution in [0.4, 0.5) is 4.39 Å². The summed E-state index contributed by atoms with van der Waals surface area (Å²) < 4.78 is 37.2. The number of nitrogens with one attached hydrogen (secondary N) is 2. The van der Waals surface area contributed by atoms with E-state index in [1.807, 2.05) is 55.8 Å². The molecule has 2 saturated heterocycles. The lowest BCUT2D eigenvalue weighted by Gasteiger charge is -2.35. The van der Waals surface area contributed by atoms with E-state index in [1.54, 1.807) is 66.1 Å². The van der Waals surface area contributed by atoms with Crippen LogP contribution in [0.3, 0.4) is 0 Å². The van der Waals surface area contributed by atoms with E-state index in [4.69, 9.17) is 30.9 Å². The van der Waals surface area contributed by atoms with Crippen LogP contribution in [0, 0.1) is 32.0 Å². The van der Waals surface area contributed by atoms with Gasteiger partial charge in [0.05, 0.1) is 39.3 Å². The van der Waals surface area contributed by atoms with Crippen molar-refractivity contribution in [3.05, 3.63) is 112 Å². The Morgan fingerprint density at radius 2 is 1.64 bits per heavy atom. The first kappa shape index (κ1) is 53.2. The van der Waals surface area contributed by atoms with Gasteiger partial charge in [-0.25, -0.2) is 14.2 Å². The highest BCUT2D eigenvalue weighted by Crippen LogP contribution is 2.42. The zero-order chi connectivity index (χ0) is 54.2. The highest BCUT2D eigenvalue weighted by Gasteiger charge is 2.32. The number of imide groups is 1.